The summed E-state index contributed by atoms with van der Waals surface area (Å²) in [6, 6.07) is 1.35. The lowest BCUT2D eigenvalue weighted by atomic mass is 10.3. The van der Waals surface area contributed by atoms with Crippen molar-refractivity contribution in [2.75, 3.05) is 29.5 Å². The SMILES string of the molecule is CC(O)c1cc([N+](=O)[O-])c(N2CCS(=O)(=O)CC2)s1. The molecule has 106 valence electrons. The van der Waals surface area contributed by atoms with Gasteiger partial charge in [-0.15, -0.1) is 11.3 Å². The van der Waals surface area contributed by atoms with Gasteiger partial charge in [-0.3, -0.25) is 10.1 Å². The van der Waals surface area contributed by atoms with Crippen LogP contribution in [-0.4, -0.2) is 43.0 Å². The Labute approximate surface area is 114 Å². The number of aliphatic hydroxyl groups is 1. The fraction of sp³-hybridized carbons (Fsp3) is 0.600. The minimum absolute atomic E-state index is 0.00602. The van der Waals surface area contributed by atoms with Crippen molar-refractivity contribution in [3.05, 3.63) is 21.1 Å². The van der Waals surface area contributed by atoms with Gasteiger partial charge in [-0.05, 0) is 6.92 Å². The van der Waals surface area contributed by atoms with Gasteiger partial charge < -0.3 is 10.0 Å². The summed E-state index contributed by atoms with van der Waals surface area (Å²) < 4.78 is 22.7. The highest BCUT2D eigenvalue weighted by molar-refractivity contribution is 7.91. The van der Waals surface area contributed by atoms with E-state index in [1.54, 1.807) is 11.8 Å². The van der Waals surface area contributed by atoms with Gasteiger partial charge in [-0.25, -0.2) is 8.42 Å². The summed E-state index contributed by atoms with van der Waals surface area (Å²) in [5.41, 5.74) is -0.0693. The van der Waals surface area contributed by atoms with Gasteiger partial charge in [0.2, 0.25) is 0 Å². The first-order valence-electron chi connectivity index (χ1n) is 5.72. The molecule has 0 aliphatic carbocycles. The van der Waals surface area contributed by atoms with E-state index >= 15 is 0 Å². The molecule has 19 heavy (non-hydrogen) atoms. The molecule has 1 N–H and O–H groups in total. The normalized spacial score (nSPS) is 20.2. The summed E-state index contributed by atoms with van der Waals surface area (Å²) in [6.07, 6.45) is -0.772. The fourth-order valence-corrected chi connectivity index (χ4v) is 4.18. The maximum Gasteiger partial charge on any atom is 0.304 e. The van der Waals surface area contributed by atoms with Crippen LogP contribution in [0.4, 0.5) is 10.7 Å². The highest BCUT2D eigenvalue weighted by Gasteiger charge is 2.29. The minimum atomic E-state index is -3.02. The second-order valence-electron chi connectivity index (χ2n) is 4.41. The first kappa shape index (κ1) is 14.2. The van der Waals surface area contributed by atoms with Crippen molar-refractivity contribution >= 4 is 31.9 Å². The number of sulfone groups is 1. The van der Waals surface area contributed by atoms with Crippen LogP contribution >= 0.6 is 11.3 Å². The molecule has 1 atom stereocenters. The lowest BCUT2D eigenvalue weighted by Crippen LogP contribution is -2.40. The van der Waals surface area contributed by atoms with Crippen LogP contribution < -0.4 is 4.90 Å². The van der Waals surface area contributed by atoms with Crippen molar-refractivity contribution in [3.63, 3.8) is 0 Å². The number of thiophene rings is 1. The number of hydrogen-bond donors (Lipinski definition) is 1. The minimum Gasteiger partial charge on any atom is -0.388 e. The fourth-order valence-electron chi connectivity index (χ4n) is 1.87. The molecular weight excluding hydrogens is 292 g/mol. The van der Waals surface area contributed by atoms with E-state index < -0.39 is 20.9 Å². The van der Waals surface area contributed by atoms with Gasteiger partial charge in [0.1, 0.15) is 0 Å². The molecule has 2 heterocycles. The summed E-state index contributed by atoms with van der Waals surface area (Å²) in [7, 11) is -3.02. The molecule has 1 unspecified atom stereocenters. The van der Waals surface area contributed by atoms with Crippen LogP contribution in [0.15, 0.2) is 6.07 Å². The molecule has 2 rings (SSSR count). The highest BCUT2D eigenvalue weighted by atomic mass is 32.2. The number of anilines is 1. The van der Waals surface area contributed by atoms with Crippen LogP contribution in [0.3, 0.4) is 0 Å². The Morgan fingerprint density at radius 1 is 1.47 bits per heavy atom. The number of aliphatic hydroxyl groups excluding tert-OH is 1. The van der Waals surface area contributed by atoms with Crippen LogP contribution in [0.2, 0.25) is 0 Å². The second-order valence-corrected chi connectivity index (χ2v) is 7.78. The van der Waals surface area contributed by atoms with Gasteiger partial charge in [0.05, 0.1) is 22.5 Å². The summed E-state index contributed by atoms with van der Waals surface area (Å²) in [4.78, 5) is 12.7. The molecule has 1 fully saturated rings. The Morgan fingerprint density at radius 2 is 2.05 bits per heavy atom. The maximum atomic E-state index is 11.4. The largest absolute Gasteiger partial charge is 0.388 e. The molecule has 1 aromatic rings. The van der Waals surface area contributed by atoms with Crippen molar-refractivity contribution in [2.24, 2.45) is 0 Å². The monoisotopic (exact) mass is 306 g/mol. The highest BCUT2D eigenvalue weighted by Crippen LogP contribution is 2.40. The molecule has 1 aliphatic heterocycles. The quantitative estimate of drug-likeness (QED) is 0.659. The molecule has 1 saturated heterocycles. The predicted octanol–water partition coefficient (Wildman–Crippen LogP) is 0.944. The molecule has 0 saturated carbocycles. The zero-order valence-corrected chi connectivity index (χ0v) is 11.9. The van der Waals surface area contributed by atoms with E-state index in [2.05, 4.69) is 0 Å². The number of rotatable bonds is 3. The topological polar surface area (TPSA) is 101 Å². The molecule has 1 aliphatic rings. The number of nitrogens with zero attached hydrogens (tertiary/aromatic N) is 2. The molecule has 0 bridgehead atoms. The Hall–Kier alpha value is -1.19. The smallest absolute Gasteiger partial charge is 0.304 e. The van der Waals surface area contributed by atoms with Crippen molar-refractivity contribution in [1.82, 2.24) is 0 Å². The Morgan fingerprint density at radius 3 is 2.53 bits per heavy atom. The van der Waals surface area contributed by atoms with E-state index in [4.69, 9.17) is 0 Å². The third-order valence-corrected chi connectivity index (χ3v) is 5.92. The van der Waals surface area contributed by atoms with Crippen LogP contribution in [0.25, 0.3) is 0 Å². The second kappa shape index (κ2) is 5.06. The van der Waals surface area contributed by atoms with Gasteiger partial charge in [0, 0.05) is 24.0 Å². The summed E-state index contributed by atoms with van der Waals surface area (Å²) in [5.74, 6) is 0.0120. The molecule has 0 amide bonds. The van der Waals surface area contributed by atoms with Gasteiger partial charge >= 0.3 is 5.69 Å². The van der Waals surface area contributed by atoms with Gasteiger partial charge in [-0.1, -0.05) is 0 Å². The predicted molar refractivity (Wildman–Crippen MR) is 72.5 cm³/mol. The molecular formula is C10H14N2O5S2. The van der Waals surface area contributed by atoms with Gasteiger partial charge in [0.25, 0.3) is 0 Å². The zero-order chi connectivity index (χ0) is 14.2. The van der Waals surface area contributed by atoms with Crippen LogP contribution in [0.1, 0.15) is 17.9 Å². The third-order valence-electron chi connectivity index (χ3n) is 2.95. The van der Waals surface area contributed by atoms with E-state index in [9.17, 15) is 23.6 Å². The van der Waals surface area contributed by atoms with Crippen LogP contribution in [0, 0.1) is 10.1 Å². The molecule has 0 aromatic carbocycles. The average Bonchev–Trinajstić information content (AvgIpc) is 2.74. The molecule has 0 radical (unpaired) electrons. The van der Waals surface area contributed by atoms with E-state index in [-0.39, 0.29) is 30.3 Å². The lowest BCUT2D eigenvalue weighted by molar-refractivity contribution is -0.383. The average molecular weight is 306 g/mol. The van der Waals surface area contributed by atoms with Crippen LogP contribution in [-0.2, 0) is 9.84 Å². The van der Waals surface area contributed by atoms with E-state index in [1.807, 2.05) is 0 Å². The summed E-state index contributed by atoms with van der Waals surface area (Å²) in [5, 5.41) is 20.9. The molecule has 7 nitrogen and oxygen atoms in total. The molecule has 1 aromatic heterocycles. The number of hydrogen-bond acceptors (Lipinski definition) is 7. The van der Waals surface area contributed by atoms with Crippen molar-refractivity contribution in [3.8, 4) is 0 Å². The van der Waals surface area contributed by atoms with Gasteiger partial charge in [-0.2, -0.15) is 0 Å². The third kappa shape index (κ3) is 3.04. The number of nitro groups is 1. The van der Waals surface area contributed by atoms with Crippen molar-refractivity contribution in [2.45, 2.75) is 13.0 Å². The van der Waals surface area contributed by atoms with Crippen LogP contribution in [0.5, 0.6) is 0 Å². The van der Waals surface area contributed by atoms with Crippen molar-refractivity contribution in [1.29, 1.82) is 0 Å². The van der Waals surface area contributed by atoms with Gasteiger partial charge in [0.15, 0.2) is 14.8 Å². The maximum absolute atomic E-state index is 11.4. The molecule has 9 heteroatoms. The Bertz CT molecular complexity index is 579. The summed E-state index contributed by atoms with van der Waals surface area (Å²) >= 11 is 1.14. The van der Waals surface area contributed by atoms with Crippen molar-refractivity contribution < 1.29 is 18.4 Å². The Balaban J connectivity index is 2.31. The van der Waals surface area contributed by atoms with E-state index in [1.165, 1.54) is 6.07 Å². The van der Waals surface area contributed by atoms with E-state index in [0.717, 1.165) is 11.3 Å². The summed E-state index contributed by atoms with van der Waals surface area (Å²) in [6.45, 7) is 2.05. The lowest BCUT2D eigenvalue weighted by Gasteiger charge is -2.26. The molecule has 0 spiro atoms. The Kier molecular flexibility index (Phi) is 3.79. The standard InChI is InChI=1S/C10H14N2O5S2/c1-7(13)9-6-8(12(14)15)10(18-9)11-2-4-19(16,17)5-3-11/h6-7,13H,2-5H2,1H3. The zero-order valence-electron chi connectivity index (χ0n) is 10.3. The first-order chi connectivity index (χ1) is 8.80. The first-order valence-corrected chi connectivity index (χ1v) is 8.35. The van der Waals surface area contributed by atoms with E-state index in [0.29, 0.717) is 9.88 Å².